The number of rotatable bonds is 5. The molecule has 0 aromatic heterocycles. The van der Waals surface area contributed by atoms with Gasteiger partial charge in [-0.2, -0.15) is 0 Å². The maximum atomic E-state index is 13.2. The third-order valence-electron chi connectivity index (χ3n) is 2.72. The number of carbonyl (C=O) groups is 1. The van der Waals surface area contributed by atoms with Crippen molar-refractivity contribution in [3.05, 3.63) is 35.6 Å². The summed E-state index contributed by atoms with van der Waals surface area (Å²) in [4.78, 5) is 10.8. The maximum Gasteiger partial charge on any atom is 0.405 e. The van der Waals surface area contributed by atoms with Gasteiger partial charge in [0, 0.05) is 0 Å². The zero-order valence-corrected chi connectivity index (χ0v) is 10.7. The molecule has 1 aromatic carbocycles. The van der Waals surface area contributed by atoms with Gasteiger partial charge in [-0.3, -0.25) is 0 Å². The largest absolute Gasteiger partial charge is 0.444 e. The molecule has 5 heteroatoms. The molecule has 0 aliphatic heterocycles. The van der Waals surface area contributed by atoms with Gasteiger partial charge in [-0.05, 0) is 50.4 Å². The van der Waals surface area contributed by atoms with Crippen LogP contribution in [0.1, 0.15) is 31.7 Å². The van der Waals surface area contributed by atoms with Crippen LogP contribution in [0, 0.1) is 5.82 Å². The van der Waals surface area contributed by atoms with Crippen LogP contribution in [0.4, 0.5) is 9.18 Å². The second kappa shape index (κ2) is 5.82. The van der Waals surface area contributed by atoms with E-state index in [4.69, 9.17) is 16.2 Å². The molecule has 0 fully saturated rings. The molecule has 1 rings (SSSR count). The fourth-order valence-corrected chi connectivity index (χ4v) is 2.01. The van der Waals surface area contributed by atoms with E-state index >= 15 is 0 Å². The zero-order chi connectivity index (χ0) is 13.8. The van der Waals surface area contributed by atoms with E-state index in [1.54, 1.807) is 26.0 Å². The fraction of sp³-hybridized carbons (Fsp3) is 0.462. The van der Waals surface area contributed by atoms with Crippen LogP contribution in [0.2, 0.25) is 0 Å². The van der Waals surface area contributed by atoms with Crippen molar-refractivity contribution in [2.24, 2.45) is 11.5 Å². The van der Waals surface area contributed by atoms with Gasteiger partial charge in [-0.1, -0.05) is 12.1 Å². The third kappa shape index (κ3) is 4.33. The lowest BCUT2D eigenvalue weighted by Crippen LogP contribution is -2.34. The Bertz CT molecular complexity index is 421. The van der Waals surface area contributed by atoms with Crippen LogP contribution in [0.5, 0.6) is 0 Å². The molecule has 1 aromatic rings. The first-order chi connectivity index (χ1) is 8.34. The Hall–Kier alpha value is -1.62. The maximum absolute atomic E-state index is 13.2. The number of benzene rings is 1. The molecule has 4 nitrogen and oxygen atoms in total. The van der Waals surface area contributed by atoms with Crippen molar-refractivity contribution in [3.8, 4) is 0 Å². The van der Waals surface area contributed by atoms with Crippen LogP contribution < -0.4 is 11.5 Å². The van der Waals surface area contributed by atoms with Crippen LogP contribution in [-0.4, -0.2) is 18.2 Å². The summed E-state index contributed by atoms with van der Waals surface area (Å²) < 4.78 is 18.2. The van der Waals surface area contributed by atoms with Crippen LogP contribution in [0.25, 0.3) is 0 Å². The summed E-state index contributed by atoms with van der Waals surface area (Å²) in [5.74, 6) is -0.394. The molecule has 1 atom stereocenters. The molecule has 0 saturated heterocycles. The molecule has 1 amide bonds. The average Bonchev–Trinajstić information content (AvgIpc) is 2.24. The molecule has 0 aliphatic carbocycles. The molecular formula is C13H19FN2O2. The lowest BCUT2D eigenvalue weighted by molar-refractivity contribution is 0.0342. The number of nitrogens with two attached hydrogens (primary N) is 2. The first-order valence-electron chi connectivity index (χ1n) is 5.78. The monoisotopic (exact) mass is 254 g/mol. The Morgan fingerprint density at radius 1 is 1.50 bits per heavy atom. The van der Waals surface area contributed by atoms with Gasteiger partial charge in [0.1, 0.15) is 11.4 Å². The summed E-state index contributed by atoms with van der Waals surface area (Å²) in [6, 6.07) is 6.26. The zero-order valence-electron chi connectivity index (χ0n) is 10.7. The lowest BCUT2D eigenvalue weighted by Gasteiger charge is -2.28. The molecule has 0 aliphatic rings. The first kappa shape index (κ1) is 14.4. The Morgan fingerprint density at radius 3 is 2.67 bits per heavy atom. The number of hydrogen-bond acceptors (Lipinski definition) is 3. The smallest absolute Gasteiger partial charge is 0.405 e. The van der Waals surface area contributed by atoms with Gasteiger partial charge >= 0.3 is 6.09 Å². The van der Waals surface area contributed by atoms with Crippen LogP contribution >= 0.6 is 0 Å². The highest BCUT2D eigenvalue weighted by molar-refractivity contribution is 5.65. The van der Waals surface area contributed by atoms with Gasteiger partial charge in [0.2, 0.25) is 0 Å². The normalized spacial score (nSPS) is 13.1. The summed E-state index contributed by atoms with van der Waals surface area (Å²) >= 11 is 0. The molecule has 4 N–H and O–H groups in total. The number of carbonyl (C=O) groups excluding carboxylic acids is 1. The number of halogens is 1. The number of ether oxygens (including phenoxy) is 1. The predicted octanol–water partition coefficient (Wildman–Crippen LogP) is 2.13. The standard InChI is InChI=1S/C13H19FN2O2/c1-13(2,18-12(16)17)7-10(8-15)9-4-3-5-11(14)6-9/h3-6,10H,7-8,15H2,1-2H3,(H2,16,17)/t10-/m0/s1. The van der Waals surface area contributed by atoms with E-state index in [0.717, 1.165) is 5.56 Å². The van der Waals surface area contributed by atoms with E-state index in [9.17, 15) is 9.18 Å². The summed E-state index contributed by atoms with van der Waals surface area (Å²) in [6.07, 6.45) is -0.342. The van der Waals surface area contributed by atoms with Crippen LogP contribution in [0.15, 0.2) is 24.3 Å². The van der Waals surface area contributed by atoms with Gasteiger partial charge in [0.15, 0.2) is 0 Å². The topological polar surface area (TPSA) is 78.3 Å². The third-order valence-corrected chi connectivity index (χ3v) is 2.72. The van der Waals surface area contributed by atoms with Gasteiger partial charge in [0.05, 0.1) is 0 Å². The quantitative estimate of drug-likeness (QED) is 0.844. The van der Waals surface area contributed by atoms with Crippen molar-refractivity contribution in [1.29, 1.82) is 0 Å². The van der Waals surface area contributed by atoms with Crippen molar-refractivity contribution in [2.75, 3.05) is 6.54 Å². The Morgan fingerprint density at radius 2 is 2.17 bits per heavy atom. The summed E-state index contributed by atoms with van der Waals surface area (Å²) in [5, 5.41) is 0. The molecule has 0 spiro atoms. The molecule has 0 saturated carbocycles. The van der Waals surface area contributed by atoms with Crippen molar-refractivity contribution in [1.82, 2.24) is 0 Å². The molecule has 18 heavy (non-hydrogen) atoms. The van der Waals surface area contributed by atoms with Gasteiger partial charge in [-0.25, -0.2) is 9.18 Å². The SMILES string of the molecule is CC(C)(C[C@@H](CN)c1cccc(F)c1)OC(N)=O. The van der Waals surface area contributed by atoms with E-state index in [0.29, 0.717) is 13.0 Å². The van der Waals surface area contributed by atoms with E-state index in [-0.39, 0.29) is 11.7 Å². The molecule has 0 unspecified atom stereocenters. The van der Waals surface area contributed by atoms with E-state index in [2.05, 4.69) is 0 Å². The second-order valence-electron chi connectivity index (χ2n) is 4.87. The van der Waals surface area contributed by atoms with Crippen molar-refractivity contribution >= 4 is 6.09 Å². The van der Waals surface area contributed by atoms with E-state index in [1.165, 1.54) is 12.1 Å². The predicted molar refractivity (Wildman–Crippen MR) is 67.6 cm³/mol. The first-order valence-corrected chi connectivity index (χ1v) is 5.78. The summed E-state index contributed by atoms with van der Waals surface area (Å²) in [7, 11) is 0. The molecular weight excluding hydrogens is 235 g/mol. The highest BCUT2D eigenvalue weighted by atomic mass is 19.1. The van der Waals surface area contributed by atoms with E-state index < -0.39 is 11.7 Å². The minimum Gasteiger partial charge on any atom is -0.444 e. The lowest BCUT2D eigenvalue weighted by atomic mass is 9.88. The highest BCUT2D eigenvalue weighted by Gasteiger charge is 2.27. The Kier molecular flexibility index (Phi) is 4.67. The van der Waals surface area contributed by atoms with Crippen molar-refractivity contribution < 1.29 is 13.9 Å². The number of hydrogen-bond donors (Lipinski definition) is 2. The second-order valence-corrected chi connectivity index (χ2v) is 4.87. The Labute approximate surface area is 106 Å². The van der Waals surface area contributed by atoms with E-state index in [1.807, 2.05) is 0 Å². The summed E-state index contributed by atoms with van der Waals surface area (Å²) in [5.41, 5.74) is 10.8. The minimum absolute atomic E-state index is 0.0879. The molecule has 0 bridgehead atoms. The highest BCUT2D eigenvalue weighted by Crippen LogP contribution is 2.28. The molecule has 100 valence electrons. The Balaban J connectivity index is 2.82. The van der Waals surface area contributed by atoms with Gasteiger partial charge in [0.25, 0.3) is 0 Å². The number of amides is 1. The molecule has 0 radical (unpaired) electrons. The van der Waals surface area contributed by atoms with Crippen molar-refractivity contribution in [3.63, 3.8) is 0 Å². The molecule has 0 heterocycles. The summed E-state index contributed by atoms with van der Waals surface area (Å²) in [6.45, 7) is 3.84. The van der Waals surface area contributed by atoms with Gasteiger partial charge < -0.3 is 16.2 Å². The minimum atomic E-state index is -0.824. The van der Waals surface area contributed by atoms with Crippen molar-refractivity contribution in [2.45, 2.75) is 31.8 Å². The van der Waals surface area contributed by atoms with Crippen LogP contribution in [0.3, 0.4) is 0 Å². The fourth-order valence-electron chi connectivity index (χ4n) is 2.01. The number of primary amides is 1. The van der Waals surface area contributed by atoms with Gasteiger partial charge in [-0.15, -0.1) is 0 Å². The van der Waals surface area contributed by atoms with Crippen LogP contribution in [-0.2, 0) is 4.74 Å². The average molecular weight is 254 g/mol.